The molecule has 46 heavy (non-hydrogen) atoms. The fourth-order valence-electron chi connectivity index (χ4n) is 6.17. The minimum atomic E-state index is -2.32. The van der Waals surface area contributed by atoms with Gasteiger partial charge in [-0.1, -0.05) is 6.07 Å². The number of anilines is 1. The first-order chi connectivity index (χ1) is 22.2. The molecule has 0 radical (unpaired) electrons. The molecule has 5 heterocycles. The molecule has 0 unspecified atom stereocenters. The van der Waals surface area contributed by atoms with Gasteiger partial charge in [-0.05, 0) is 67.9 Å². The van der Waals surface area contributed by atoms with Gasteiger partial charge in [0.15, 0.2) is 11.5 Å². The van der Waals surface area contributed by atoms with Crippen molar-refractivity contribution in [2.24, 2.45) is 11.7 Å². The number of primary amides is 1. The highest BCUT2D eigenvalue weighted by Gasteiger charge is 2.50. The molecular weight excluding hydrogens is 601 g/mol. The number of hydrogen-bond donors (Lipinski definition) is 1. The van der Waals surface area contributed by atoms with E-state index in [1.165, 1.54) is 12.3 Å². The Morgan fingerprint density at radius 3 is 2.46 bits per heavy atom. The van der Waals surface area contributed by atoms with Crippen molar-refractivity contribution < 1.29 is 27.5 Å². The number of pyridine rings is 2. The number of nitrogens with zero attached hydrogens (tertiary/aromatic N) is 7. The summed E-state index contributed by atoms with van der Waals surface area (Å²) < 4.78 is 49.3. The monoisotopic (exact) mass is 626 g/mol. The Hall–Kier alpha value is -5.40. The predicted molar refractivity (Wildman–Crippen MR) is 157 cm³/mol. The van der Waals surface area contributed by atoms with Crippen molar-refractivity contribution in [3.05, 3.63) is 89.5 Å². The molecule has 2 aliphatic carbocycles. The first-order valence-electron chi connectivity index (χ1n) is 14.8. The number of hydrogen-bond acceptors (Lipinski definition) is 8. The summed E-state index contributed by atoms with van der Waals surface area (Å²) in [6.45, 7) is -0.223. The van der Waals surface area contributed by atoms with Crippen LogP contribution in [0.2, 0.25) is 0 Å². The number of fused-ring (bicyclic) bond motifs is 2. The third-order valence-corrected chi connectivity index (χ3v) is 8.75. The molecule has 0 bridgehead atoms. The summed E-state index contributed by atoms with van der Waals surface area (Å²) in [5.74, 6) is -2.24. The van der Waals surface area contributed by atoms with E-state index in [1.807, 2.05) is 0 Å². The molecule has 1 aromatic carbocycles. The van der Waals surface area contributed by atoms with Crippen molar-refractivity contribution in [1.82, 2.24) is 29.7 Å². The number of amides is 2. The maximum absolute atomic E-state index is 15.0. The van der Waals surface area contributed by atoms with Crippen LogP contribution in [-0.2, 0) is 23.3 Å². The summed E-state index contributed by atoms with van der Waals surface area (Å²) in [4.78, 5) is 44.1. The van der Waals surface area contributed by atoms with Crippen LogP contribution in [0.1, 0.15) is 53.3 Å². The van der Waals surface area contributed by atoms with Gasteiger partial charge in [-0.15, -0.1) is 0 Å². The van der Waals surface area contributed by atoms with Gasteiger partial charge in [0.1, 0.15) is 22.9 Å². The molecule has 2 N–H and O–H groups in total. The minimum absolute atomic E-state index is 0.0393. The van der Waals surface area contributed by atoms with Crippen LogP contribution in [0.25, 0.3) is 22.2 Å². The van der Waals surface area contributed by atoms with Crippen LogP contribution in [0.4, 0.5) is 18.9 Å². The second-order valence-corrected chi connectivity index (χ2v) is 11.9. The molecule has 11 nitrogen and oxygen atoms in total. The van der Waals surface area contributed by atoms with E-state index < -0.39 is 35.3 Å². The number of rotatable bonds is 8. The molecule has 0 saturated heterocycles. The molecule has 2 amide bonds. The van der Waals surface area contributed by atoms with Gasteiger partial charge in [-0.2, -0.15) is 9.49 Å². The number of benzene rings is 1. The van der Waals surface area contributed by atoms with Crippen molar-refractivity contribution >= 4 is 28.5 Å². The number of carbonyl (C=O) groups excluding carboxylic acids is 2. The number of nitrogens with two attached hydrogens (primary N) is 1. The number of carbonyl (C=O) groups is 2. The Labute approximate surface area is 259 Å². The molecule has 5 aromatic rings. The average molecular weight is 627 g/mol. The molecule has 14 heteroatoms. The largest absolute Gasteiger partial charge is 0.450 e. The van der Waals surface area contributed by atoms with Gasteiger partial charge in [0.05, 0.1) is 54.0 Å². The highest BCUT2D eigenvalue weighted by Crippen LogP contribution is 2.50. The van der Waals surface area contributed by atoms with Crippen LogP contribution in [-0.4, -0.2) is 47.9 Å². The molecule has 1 atom stereocenters. The van der Waals surface area contributed by atoms with Crippen LogP contribution in [0.3, 0.4) is 0 Å². The standard InChI is InChI=1S/C32H25F3N8O3/c33-18-4-6-24(37-11-18)32(7-8-32)43-30-20(14-40-43)26(27(29(36)44)21(41-30)9-16-1-2-16)17-3-5-22-23(10-17)46-28(35)31(45)42(22)15-25-38-12-19(34)13-39-25/h3-6,10-14,16,28H,1-2,7-9,15H2,(H2,36,44)/t28-/m0/s1. The van der Waals surface area contributed by atoms with E-state index in [2.05, 4.69) is 15.0 Å². The topological polar surface area (TPSA) is 142 Å². The Kier molecular flexibility index (Phi) is 6.31. The first-order valence-corrected chi connectivity index (χ1v) is 14.8. The zero-order chi connectivity index (χ0) is 31.7. The molecule has 0 spiro atoms. The van der Waals surface area contributed by atoms with Crippen LogP contribution < -0.4 is 15.4 Å². The van der Waals surface area contributed by atoms with Crippen molar-refractivity contribution in [2.45, 2.75) is 50.5 Å². The van der Waals surface area contributed by atoms with Gasteiger partial charge >= 0.3 is 12.3 Å². The summed E-state index contributed by atoms with van der Waals surface area (Å²) in [5.41, 5.74) is 8.45. The Bertz CT molecular complexity index is 2040. The fourth-order valence-corrected chi connectivity index (χ4v) is 6.17. The second-order valence-electron chi connectivity index (χ2n) is 11.9. The zero-order valence-corrected chi connectivity index (χ0v) is 24.2. The molecule has 3 aliphatic rings. The Balaban J connectivity index is 1.29. The number of aromatic nitrogens is 6. The lowest BCUT2D eigenvalue weighted by molar-refractivity contribution is -0.134. The van der Waals surface area contributed by atoms with E-state index in [0.717, 1.165) is 30.1 Å². The summed E-state index contributed by atoms with van der Waals surface area (Å²) in [6.07, 6.45) is 6.33. The number of ether oxygens (including phenoxy) is 1. The first kappa shape index (κ1) is 28.1. The van der Waals surface area contributed by atoms with Crippen molar-refractivity contribution in [3.8, 4) is 16.9 Å². The summed E-state index contributed by atoms with van der Waals surface area (Å²) in [5, 5.41) is 5.24. The van der Waals surface area contributed by atoms with E-state index in [0.29, 0.717) is 58.7 Å². The van der Waals surface area contributed by atoms with Gasteiger partial charge in [0.2, 0.25) is 0 Å². The van der Waals surface area contributed by atoms with Crippen molar-refractivity contribution in [3.63, 3.8) is 0 Å². The number of halogens is 3. The SMILES string of the molecule is NC(=O)c1c(CC2CC2)nc2c(cnn2C2(c3ccc(F)cn3)CC2)c1-c1ccc2c(c1)O[C@H](F)C(=O)N2Cc1ncc(F)cn1. The van der Waals surface area contributed by atoms with Crippen molar-refractivity contribution in [2.75, 3.05) is 4.90 Å². The lowest BCUT2D eigenvalue weighted by Gasteiger charge is -2.31. The van der Waals surface area contributed by atoms with Gasteiger partial charge < -0.3 is 10.5 Å². The zero-order valence-electron chi connectivity index (χ0n) is 24.2. The Morgan fingerprint density at radius 2 is 1.78 bits per heavy atom. The third kappa shape index (κ3) is 4.63. The summed E-state index contributed by atoms with van der Waals surface area (Å²) >= 11 is 0. The predicted octanol–water partition coefficient (Wildman–Crippen LogP) is 4.37. The van der Waals surface area contributed by atoms with Crippen LogP contribution >= 0.6 is 0 Å². The van der Waals surface area contributed by atoms with E-state index >= 15 is 0 Å². The lowest BCUT2D eigenvalue weighted by Crippen LogP contribution is -2.43. The van der Waals surface area contributed by atoms with Crippen LogP contribution in [0.15, 0.2) is 55.1 Å². The maximum atomic E-state index is 15.0. The quantitative estimate of drug-likeness (QED) is 0.268. The van der Waals surface area contributed by atoms with Gasteiger partial charge in [-0.3, -0.25) is 19.5 Å². The highest BCUT2D eigenvalue weighted by molar-refractivity contribution is 6.09. The third-order valence-electron chi connectivity index (χ3n) is 8.75. The summed E-state index contributed by atoms with van der Waals surface area (Å²) in [6, 6.07) is 7.79. The highest BCUT2D eigenvalue weighted by atomic mass is 19.1. The smallest absolute Gasteiger partial charge is 0.317 e. The number of alkyl halides is 1. The van der Waals surface area contributed by atoms with E-state index in [1.54, 1.807) is 35.1 Å². The molecule has 1 aliphatic heterocycles. The minimum Gasteiger partial charge on any atom is -0.450 e. The molecule has 2 saturated carbocycles. The van der Waals surface area contributed by atoms with E-state index in [-0.39, 0.29) is 29.4 Å². The average Bonchev–Trinajstić information content (AvgIpc) is 3.98. The normalized spacial score (nSPS) is 18.4. The lowest BCUT2D eigenvalue weighted by atomic mass is 9.93. The van der Waals surface area contributed by atoms with Gasteiger partial charge in [0, 0.05) is 10.9 Å². The fraction of sp³-hybridized carbons (Fsp3) is 0.281. The molecule has 2 fully saturated rings. The molecule has 232 valence electrons. The Morgan fingerprint density at radius 1 is 1.02 bits per heavy atom. The molecule has 8 rings (SSSR count). The van der Waals surface area contributed by atoms with Crippen molar-refractivity contribution in [1.29, 1.82) is 0 Å². The van der Waals surface area contributed by atoms with Gasteiger partial charge in [-0.25, -0.2) is 28.4 Å². The van der Waals surface area contributed by atoms with Crippen LogP contribution in [0, 0.1) is 17.6 Å². The van der Waals surface area contributed by atoms with Crippen LogP contribution in [0.5, 0.6) is 5.75 Å². The van der Waals surface area contributed by atoms with E-state index in [4.69, 9.17) is 20.6 Å². The second kappa shape index (κ2) is 10.3. The molecular formula is C32H25F3N8O3. The summed E-state index contributed by atoms with van der Waals surface area (Å²) in [7, 11) is 0. The van der Waals surface area contributed by atoms with E-state index in [9.17, 15) is 22.8 Å². The molecule has 4 aromatic heterocycles. The maximum Gasteiger partial charge on any atom is 0.317 e. The van der Waals surface area contributed by atoms with Gasteiger partial charge in [0.25, 0.3) is 5.91 Å².